The van der Waals surface area contributed by atoms with Gasteiger partial charge in [0, 0.05) is 12.2 Å². The van der Waals surface area contributed by atoms with Crippen LogP contribution in [0.15, 0.2) is 24.3 Å². The summed E-state index contributed by atoms with van der Waals surface area (Å²) in [6, 6.07) is 6.09. The maximum Gasteiger partial charge on any atom is 0.347 e. The van der Waals surface area contributed by atoms with Crippen LogP contribution >= 0.6 is 11.3 Å². The Morgan fingerprint density at radius 1 is 1.38 bits per heavy atom. The van der Waals surface area contributed by atoms with Crippen LogP contribution in [0.5, 0.6) is 0 Å². The summed E-state index contributed by atoms with van der Waals surface area (Å²) in [4.78, 5) is 17.9. The van der Waals surface area contributed by atoms with Crippen LogP contribution in [0.25, 0.3) is 0 Å². The summed E-state index contributed by atoms with van der Waals surface area (Å²) in [7, 11) is 0. The summed E-state index contributed by atoms with van der Waals surface area (Å²) < 4.78 is 13.0. The highest BCUT2D eigenvalue weighted by Gasteiger charge is 2.22. The molecule has 0 aliphatic carbocycles. The molecule has 1 N–H and O–H groups in total. The van der Waals surface area contributed by atoms with Gasteiger partial charge < -0.3 is 10.0 Å². The highest BCUT2D eigenvalue weighted by atomic mass is 32.1. The zero-order valence-electron chi connectivity index (χ0n) is 12.1. The van der Waals surface area contributed by atoms with Gasteiger partial charge in [0.05, 0.1) is 5.69 Å². The lowest BCUT2D eigenvalue weighted by atomic mass is 10.1. The number of aromatic nitrogens is 1. The Morgan fingerprint density at radius 3 is 2.43 bits per heavy atom. The molecule has 0 aliphatic rings. The first kappa shape index (κ1) is 15.4. The van der Waals surface area contributed by atoms with Crippen LogP contribution in [-0.4, -0.2) is 22.6 Å². The van der Waals surface area contributed by atoms with Gasteiger partial charge in [-0.15, -0.1) is 0 Å². The van der Waals surface area contributed by atoms with Crippen LogP contribution in [0.3, 0.4) is 0 Å². The first-order valence-electron chi connectivity index (χ1n) is 6.71. The fraction of sp³-hybridized carbons (Fsp3) is 0.333. The summed E-state index contributed by atoms with van der Waals surface area (Å²) in [5, 5.41) is 9.91. The molecule has 0 saturated heterocycles. The monoisotopic (exact) mass is 308 g/mol. The number of anilines is 2. The minimum Gasteiger partial charge on any atom is -0.477 e. The van der Waals surface area contributed by atoms with E-state index in [1.807, 2.05) is 25.7 Å². The number of nitrogens with zero attached hydrogens (tertiary/aromatic N) is 2. The smallest absolute Gasteiger partial charge is 0.347 e. The van der Waals surface area contributed by atoms with Gasteiger partial charge in [-0.3, -0.25) is 0 Å². The maximum absolute atomic E-state index is 13.0. The second-order valence-corrected chi connectivity index (χ2v) is 5.87. The lowest BCUT2D eigenvalue weighted by molar-refractivity contribution is 0.0700. The molecule has 1 aromatic carbocycles. The first-order chi connectivity index (χ1) is 9.93. The summed E-state index contributed by atoms with van der Waals surface area (Å²) in [6.45, 7) is 6.40. The molecular weight excluding hydrogens is 291 g/mol. The first-order valence-corrected chi connectivity index (χ1v) is 7.52. The SMILES string of the molecule is CCN(c1ccc(F)cc1)c1nc(C(C)C)c(C(=O)O)s1. The van der Waals surface area contributed by atoms with Gasteiger partial charge in [-0.25, -0.2) is 14.2 Å². The Balaban J connectivity index is 2.45. The predicted molar refractivity (Wildman–Crippen MR) is 82.2 cm³/mol. The van der Waals surface area contributed by atoms with E-state index in [1.165, 1.54) is 12.1 Å². The summed E-state index contributed by atoms with van der Waals surface area (Å²) >= 11 is 1.15. The van der Waals surface area contributed by atoms with Crippen LogP contribution in [0.4, 0.5) is 15.2 Å². The van der Waals surface area contributed by atoms with E-state index >= 15 is 0 Å². The normalized spacial score (nSPS) is 10.9. The van der Waals surface area contributed by atoms with Crippen molar-refractivity contribution in [1.29, 1.82) is 0 Å². The largest absolute Gasteiger partial charge is 0.477 e. The molecular formula is C15H17FN2O2S. The zero-order chi connectivity index (χ0) is 15.6. The Bertz CT molecular complexity index is 638. The predicted octanol–water partition coefficient (Wildman–Crippen LogP) is 4.26. The Labute approximate surface area is 126 Å². The van der Waals surface area contributed by atoms with Gasteiger partial charge >= 0.3 is 5.97 Å². The number of hydrogen-bond donors (Lipinski definition) is 1. The summed E-state index contributed by atoms with van der Waals surface area (Å²) in [6.07, 6.45) is 0. The lowest BCUT2D eigenvalue weighted by Crippen LogP contribution is -2.15. The number of carboxylic acid groups (broad SMARTS) is 1. The van der Waals surface area contributed by atoms with Crippen molar-refractivity contribution >= 4 is 28.1 Å². The van der Waals surface area contributed by atoms with E-state index in [0.717, 1.165) is 17.0 Å². The van der Waals surface area contributed by atoms with Crippen molar-refractivity contribution in [3.63, 3.8) is 0 Å². The van der Waals surface area contributed by atoms with E-state index in [1.54, 1.807) is 12.1 Å². The lowest BCUT2D eigenvalue weighted by Gasteiger charge is -2.19. The second kappa shape index (κ2) is 6.22. The molecule has 0 amide bonds. The average Bonchev–Trinajstić information content (AvgIpc) is 2.87. The molecule has 112 valence electrons. The standard InChI is InChI=1S/C15H17FN2O2S/c1-4-18(11-7-5-10(16)6-8-11)15-17-12(9(2)3)13(21-15)14(19)20/h5-9H,4H2,1-3H3,(H,19,20). The summed E-state index contributed by atoms with van der Waals surface area (Å²) in [5.74, 6) is -1.23. The van der Waals surface area contributed by atoms with Crippen LogP contribution in [0.1, 0.15) is 42.1 Å². The molecule has 0 spiro atoms. The Kier molecular flexibility index (Phi) is 4.57. The minimum atomic E-state index is -0.961. The van der Waals surface area contributed by atoms with E-state index in [0.29, 0.717) is 17.4 Å². The number of carboxylic acids is 1. The van der Waals surface area contributed by atoms with Gasteiger partial charge in [-0.05, 0) is 37.1 Å². The zero-order valence-corrected chi connectivity index (χ0v) is 12.9. The van der Waals surface area contributed by atoms with Crippen molar-refractivity contribution in [2.24, 2.45) is 0 Å². The fourth-order valence-corrected chi connectivity index (χ4v) is 3.17. The molecule has 0 radical (unpaired) electrons. The number of hydrogen-bond acceptors (Lipinski definition) is 4. The molecule has 21 heavy (non-hydrogen) atoms. The van der Waals surface area contributed by atoms with Crippen molar-refractivity contribution < 1.29 is 14.3 Å². The molecule has 1 aromatic heterocycles. The molecule has 0 unspecified atom stereocenters. The van der Waals surface area contributed by atoms with Gasteiger partial charge in [0.2, 0.25) is 0 Å². The van der Waals surface area contributed by atoms with Gasteiger partial charge in [0.1, 0.15) is 10.7 Å². The molecule has 0 bridgehead atoms. The number of halogens is 1. The molecule has 2 rings (SSSR count). The number of aromatic carboxylic acids is 1. The highest BCUT2D eigenvalue weighted by Crippen LogP contribution is 2.34. The second-order valence-electron chi connectivity index (χ2n) is 4.89. The summed E-state index contributed by atoms with van der Waals surface area (Å²) in [5.41, 5.74) is 1.38. The van der Waals surface area contributed by atoms with Gasteiger partial charge in [-0.1, -0.05) is 25.2 Å². The number of rotatable bonds is 5. The third kappa shape index (κ3) is 3.21. The molecule has 1 heterocycles. The van der Waals surface area contributed by atoms with E-state index < -0.39 is 5.97 Å². The van der Waals surface area contributed by atoms with E-state index in [-0.39, 0.29) is 16.6 Å². The van der Waals surface area contributed by atoms with Crippen LogP contribution < -0.4 is 4.90 Å². The number of carbonyl (C=O) groups is 1. The fourth-order valence-electron chi connectivity index (χ4n) is 2.03. The van der Waals surface area contributed by atoms with Crippen LogP contribution in [-0.2, 0) is 0 Å². The third-order valence-electron chi connectivity index (χ3n) is 3.07. The van der Waals surface area contributed by atoms with Gasteiger partial charge in [-0.2, -0.15) is 0 Å². The molecule has 0 saturated carbocycles. The van der Waals surface area contributed by atoms with Crippen LogP contribution in [0, 0.1) is 5.82 Å². The minimum absolute atomic E-state index is 0.0352. The van der Waals surface area contributed by atoms with E-state index in [2.05, 4.69) is 4.98 Å². The Morgan fingerprint density at radius 2 is 2.00 bits per heavy atom. The maximum atomic E-state index is 13.0. The molecule has 6 heteroatoms. The van der Waals surface area contributed by atoms with E-state index in [9.17, 15) is 14.3 Å². The van der Waals surface area contributed by atoms with Crippen molar-refractivity contribution in [2.45, 2.75) is 26.7 Å². The topological polar surface area (TPSA) is 53.4 Å². The third-order valence-corrected chi connectivity index (χ3v) is 4.15. The van der Waals surface area contributed by atoms with Crippen LogP contribution in [0.2, 0.25) is 0 Å². The van der Waals surface area contributed by atoms with E-state index in [4.69, 9.17) is 0 Å². The molecule has 0 atom stereocenters. The average molecular weight is 308 g/mol. The van der Waals surface area contributed by atoms with Gasteiger partial charge in [0.15, 0.2) is 5.13 Å². The number of benzene rings is 1. The van der Waals surface area contributed by atoms with Crippen molar-refractivity contribution in [3.05, 3.63) is 40.7 Å². The molecule has 4 nitrogen and oxygen atoms in total. The number of thiazole rings is 1. The van der Waals surface area contributed by atoms with Crippen molar-refractivity contribution in [3.8, 4) is 0 Å². The molecule has 0 aliphatic heterocycles. The van der Waals surface area contributed by atoms with Crippen molar-refractivity contribution in [1.82, 2.24) is 4.98 Å². The molecule has 2 aromatic rings. The van der Waals surface area contributed by atoms with Gasteiger partial charge in [0.25, 0.3) is 0 Å². The molecule has 0 fully saturated rings. The van der Waals surface area contributed by atoms with Crippen molar-refractivity contribution in [2.75, 3.05) is 11.4 Å². The Hall–Kier alpha value is -1.95. The quantitative estimate of drug-likeness (QED) is 0.896. The highest BCUT2D eigenvalue weighted by molar-refractivity contribution is 7.17.